The summed E-state index contributed by atoms with van der Waals surface area (Å²) in [5.74, 6) is 0.866. The molecule has 0 saturated carbocycles. The van der Waals surface area contributed by atoms with E-state index in [9.17, 15) is 4.79 Å². The Labute approximate surface area is 124 Å². The highest BCUT2D eigenvalue weighted by Gasteiger charge is 2.15. The summed E-state index contributed by atoms with van der Waals surface area (Å²) in [4.78, 5) is 12.4. The maximum Gasteiger partial charge on any atom is 0.193 e. The standard InChI is InChI=1S/C18H18O3/c1-13-7-9-14(10-8-13)11-12-15(19)18-16(20-2)5-4-6-17(18)21-3/h4-12H,1-3H3/b12-11+. The first kappa shape index (κ1) is 14.9. The van der Waals surface area contributed by atoms with Crippen LogP contribution in [0.1, 0.15) is 21.5 Å². The summed E-state index contributed by atoms with van der Waals surface area (Å²) in [6.45, 7) is 2.03. The van der Waals surface area contributed by atoms with Crippen LogP contribution in [0.25, 0.3) is 6.08 Å². The SMILES string of the molecule is COc1cccc(OC)c1C(=O)/C=C/c1ccc(C)cc1. The molecule has 0 radical (unpaired) electrons. The lowest BCUT2D eigenvalue weighted by Crippen LogP contribution is -2.02. The van der Waals surface area contributed by atoms with Crippen LogP contribution in [0.3, 0.4) is 0 Å². The van der Waals surface area contributed by atoms with Crippen LogP contribution in [-0.2, 0) is 0 Å². The van der Waals surface area contributed by atoms with Gasteiger partial charge in [0, 0.05) is 0 Å². The zero-order valence-electron chi connectivity index (χ0n) is 12.4. The molecular weight excluding hydrogens is 264 g/mol. The van der Waals surface area contributed by atoms with E-state index < -0.39 is 0 Å². The predicted molar refractivity (Wildman–Crippen MR) is 84.1 cm³/mol. The van der Waals surface area contributed by atoms with Crippen LogP contribution >= 0.6 is 0 Å². The third-order valence-electron chi connectivity index (χ3n) is 3.18. The summed E-state index contributed by atoms with van der Waals surface area (Å²) in [6.07, 6.45) is 3.32. The molecule has 108 valence electrons. The Morgan fingerprint density at radius 1 is 0.952 bits per heavy atom. The molecule has 21 heavy (non-hydrogen) atoms. The quantitative estimate of drug-likeness (QED) is 0.616. The lowest BCUT2D eigenvalue weighted by molar-refractivity contribution is 0.104. The number of allylic oxidation sites excluding steroid dienone is 1. The number of hydrogen-bond acceptors (Lipinski definition) is 3. The molecule has 0 amide bonds. The summed E-state index contributed by atoms with van der Waals surface area (Å²) in [7, 11) is 3.07. The number of benzene rings is 2. The van der Waals surface area contributed by atoms with Crippen LogP contribution in [-0.4, -0.2) is 20.0 Å². The molecular formula is C18H18O3. The van der Waals surface area contributed by atoms with Gasteiger partial charge in [-0.25, -0.2) is 0 Å². The van der Waals surface area contributed by atoms with Crippen molar-refractivity contribution in [1.82, 2.24) is 0 Å². The summed E-state index contributed by atoms with van der Waals surface area (Å²) in [6, 6.07) is 13.2. The molecule has 0 heterocycles. The fraction of sp³-hybridized carbons (Fsp3) is 0.167. The second-order valence-electron chi connectivity index (χ2n) is 4.65. The molecule has 0 aliphatic heterocycles. The van der Waals surface area contributed by atoms with Crippen LogP contribution in [0.2, 0.25) is 0 Å². The Bertz CT molecular complexity index is 632. The monoisotopic (exact) mass is 282 g/mol. The van der Waals surface area contributed by atoms with Crippen LogP contribution in [0.15, 0.2) is 48.5 Å². The van der Waals surface area contributed by atoms with Gasteiger partial charge in [-0.05, 0) is 30.7 Å². The number of carbonyl (C=O) groups is 1. The molecule has 0 spiro atoms. The van der Waals surface area contributed by atoms with Crippen molar-refractivity contribution in [1.29, 1.82) is 0 Å². The maximum atomic E-state index is 12.4. The largest absolute Gasteiger partial charge is 0.496 e. The number of ether oxygens (including phenoxy) is 2. The second kappa shape index (κ2) is 6.75. The average Bonchev–Trinajstić information content (AvgIpc) is 2.53. The van der Waals surface area contributed by atoms with E-state index in [-0.39, 0.29) is 5.78 Å². The molecule has 0 bridgehead atoms. The van der Waals surface area contributed by atoms with Gasteiger partial charge in [-0.3, -0.25) is 4.79 Å². The third-order valence-corrected chi connectivity index (χ3v) is 3.18. The molecule has 2 aromatic carbocycles. The van der Waals surface area contributed by atoms with Gasteiger partial charge < -0.3 is 9.47 Å². The Morgan fingerprint density at radius 3 is 2.05 bits per heavy atom. The van der Waals surface area contributed by atoms with Crippen molar-refractivity contribution in [2.75, 3.05) is 14.2 Å². The van der Waals surface area contributed by atoms with Crippen LogP contribution < -0.4 is 9.47 Å². The summed E-state index contributed by atoms with van der Waals surface area (Å²) < 4.78 is 10.5. The zero-order chi connectivity index (χ0) is 15.2. The zero-order valence-corrected chi connectivity index (χ0v) is 12.4. The maximum absolute atomic E-state index is 12.4. The highest BCUT2D eigenvalue weighted by Crippen LogP contribution is 2.29. The molecule has 0 aromatic heterocycles. The van der Waals surface area contributed by atoms with Crippen molar-refractivity contribution in [2.45, 2.75) is 6.92 Å². The third kappa shape index (κ3) is 3.51. The van der Waals surface area contributed by atoms with Crippen LogP contribution in [0.4, 0.5) is 0 Å². The fourth-order valence-corrected chi connectivity index (χ4v) is 2.03. The van der Waals surface area contributed by atoms with Crippen molar-refractivity contribution >= 4 is 11.9 Å². The molecule has 0 saturated heterocycles. The normalized spacial score (nSPS) is 10.6. The van der Waals surface area contributed by atoms with E-state index in [0.717, 1.165) is 5.56 Å². The van der Waals surface area contributed by atoms with Gasteiger partial charge in [0.25, 0.3) is 0 Å². The summed E-state index contributed by atoms with van der Waals surface area (Å²) in [5, 5.41) is 0. The molecule has 2 rings (SSSR count). The molecule has 0 N–H and O–H groups in total. The minimum absolute atomic E-state index is 0.148. The number of methoxy groups -OCH3 is 2. The Balaban J connectivity index is 2.30. The van der Waals surface area contributed by atoms with Crippen molar-refractivity contribution in [2.24, 2.45) is 0 Å². The Hall–Kier alpha value is -2.55. The molecule has 3 heteroatoms. The van der Waals surface area contributed by atoms with Gasteiger partial charge in [0.15, 0.2) is 5.78 Å². The average molecular weight is 282 g/mol. The Kier molecular flexibility index (Phi) is 4.77. The van der Waals surface area contributed by atoms with Crippen molar-refractivity contribution in [3.8, 4) is 11.5 Å². The topological polar surface area (TPSA) is 35.5 Å². The first-order valence-corrected chi connectivity index (χ1v) is 6.65. The van der Waals surface area contributed by atoms with Gasteiger partial charge in [0.05, 0.1) is 14.2 Å². The van der Waals surface area contributed by atoms with E-state index in [2.05, 4.69) is 0 Å². The lowest BCUT2D eigenvalue weighted by Gasteiger charge is -2.10. The van der Waals surface area contributed by atoms with Gasteiger partial charge in [0.1, 0.15) is 17.1 Å². The predicted octanol–water partition coefficient (Wildman–Crippen LogP) is 3.91. The second-order valence-corrected chi connectivity index (χ2v) is 4.65. The highest BCUT2D eigenvalue weighted by atomic mass is 16.5. The fourth-order valence-electron chi connectivity index (χ4n) is 2.03. The molecule has 0 fully saturated rings. The smallest absolute Gasteiger partial charge is 0.193 e. The van der Waals surface area contributed by atoms with E-state index in [1.807, 2.05) is 31.2 Å². The number of rotatable bonds is 5. The van der Waals surface area contributed by atoms with Crippen molar-refractivity contribution < 1.29 is 14.3 Å². The first-order chi connectivity index (χ1) is 10.2. The van der Waals surface area contributed by atoms with Gasteiger partial charge in [-0.2, -0.15) is 0 Å². The molecule has 2 aromatic rings. The van der Waals surface area contributed by atoms with Gasteiger partial charge in [-0.15, -0.1) is 0 Å². The molecule has 0 unspecified atom stereocenters. The Morgan fingerprint density at radius 2 is 1.52 bits per heavy atom. The number of aryl methyl sites for hydroxylation is 1. The van der Waals surface area contributed by atoms with E-state index in [1.54, 1.807) is 24.3 Å². The van der Waals surface area contributed by atoms with Gasteiger partial charge >= 0.3 is 0 Å². The van der Waals surface area contributed by atoms with Crippen molar-refractivity contribution in [3.63, 3.8) is 0 Å². The van der Waals surface area contributed by atoms with E-state index >= 15 is 0 Å². The minimum atomic E-state index is -0.148. The first-order valence-electron chi connectivity index (χ1n) is 6.65. The highest BCUT2D eigenvalue weighted by molar-refractivity contribution is 6.10. The van der Waals surface area contributed by atoms with Crippen LogP contribution in [0.5, 0.6) is 11.5 Å². The van der Waals surface area contributed by atoms with Crippen molar-refractivity contribution in [3.05, 3.63) is 65.2 Å². The molecule has 0 aliphatic carbocycles. The molecule has 0 aliphatic rings. The summed E-state index contributed by atoms with van der Waals surface area (Å²) in [5.41, 5.74) is 2.60. The summed E-state index contributed by atoms with van der Waals surface area (Å²) >= 11 is 0. The minimum Gasteiger partial charge on any atom is -0.496 e. The van der Waals surface area contributed by atoms with Gasteiger partial charge in [0.2, 0.25) is 0 Å². The van der Waals surface area contributed by atoms with Crippen LogP contribution in [0, 0.1) is 6.92 Å². The number of carbonyl (C=O) groups excluding carboxylic acids is 1. The van der Waals surface area contributed by atoms with E-state index in [1.165, 1.54) is 25.9 Å². The lowest BCUT2D eigenvalue weighted by atomic mass is 10.1. The molecule has 0 atom stereocenters. The number of hydrogen-bond donors (Lipinski definition) is 0. The van der Waals surface area contributed by atoms with E-state index in [4.69, 9.17) is 9.47 Å². The van der Waals surface area contributed by atoms with Gasteiger partial charge in [-0.1, -0.05) is 42.0 Å². The number of ketones is 1. The van der Waals surface area contributed by atoms with E-state index in [0.29, 0.717) is 17.1 Å². The molecule has 3 nitrogen and oxygen atoms in total.